The number of likely N-dealkylation sites (tertiary alicyclic amines) is 1. The molecule has 0 radical (unpaired) electrons. The maximum atomic E-state index is 13.2. The monoisotopic (exact) mass is 346 g/mol. The van der Waals surface area contributed by atoms with E-state index >= 15 is 0 Å². The molecule has 1 amide bonds. The molecule has 1 unspecified atom stereocenters. The topological polar surface area (TPSA) is 59.0 Å². The number of rotatable bonds is 2. The van der Waals surface area contributed by atoms with Gasteiger partial charge in [-0.05, 0) is 44.4 Å². The highest BCUT2D eigenvalue weighted by molar-refractivity contribution is 5.99. The zero-order chi connectivity index (χ0) is 18.1. The van der Waals surface area contributed by atoms with Crippen molar-refractivity contribution in [1.82, 2.24) is 19.9 Å². The Kier molecular flexibility index (Phi) is 4.37. The van der Waals surface area contributed by atoms with Gasteiger partial charge in [-0.1, -0.05) is 18.2 Å². The Morgan fingerprint density at radius 2 is 2.12 bits per heavy atom. The van der Waals surface area contributed by atoms with Crippen molar-refractivity contribution in [3.05, 3.63) is 65.4 Å². The first kappa shape index (κ1) is 16.6. The SMILES string of the molecule is Cc1nc2c(C)cccc2cc1C(=O)N1CCCC(c2ccncn2)C1. The van der Waals surface area contributed by atoms with Gasteiger partial charge in [-0.15, -0.1) is 0 Å². The molecule has 1 atom stereocenters. The number of fused-ring (bicyclic) bond motifs is 1. The van der Waals surface area contributed by atoms with Gasteiger partial charge in [0.1, 0.15) is 6.33 Å². The average Bonchev–Trinajstić information content (AvgIpc) is 2.68. The van der Waals surface area contributed by atoms with E-state index in [1.807, 2.05) is 49.1 Å². The van der Waals surface area contributed by atoms with Gasteiger partial charge in [-0.3, -0.25) is 9.78 Å². The maximum absolute atomic E-state index is 13.2. The Morgan fingerprint density at radius 1 is 1.23 bits per heavy atom. The molecule has 5 heteroatoms. The molecule has 1 aliphatic rings. The number of hydrogen-bond donors (Lipinski definition) is 0. The molecule has 0 N–H and O–H groups in total. The van der Waals surface area contributed by atoms with Crippen LogP contribution in [0.3, 0.4) is 0 Å². The lowest BCUT2D eigenvalue weighted by Gasteiger charge is -2.32. The zero-order valence-corrected chi connectivity index (χ0v) is 15.1. The molecule has 1 saturated heterocycles. The summed E-state index contributed by atoms with van der Waals surface area (Å²) in [7, 11) is 0. The van der Waals surface area contributed by atoms with Gasteiger partial charge in [0, 0.05) is 36.3 Å². The van der Waals surface area contributed by atoms with Gasteiger partial charge in [0.2, 0.25) is 0 Å². The van der Waals surface area contributed by atoms with Gasteiger partial charge < -0.3 is 4.90 Å². The van der Waals surface area contributed by atoms with E-state index in [9.17, 15) is 4.79 Å². The Labute approximate surface area is 153 Å². The number of para-hydroxylation sites is 1. The van der Waals surface area contributed by atoms with Crippen molar-refractivity contribution in [2.75, 3.05) is 13.1 Å². The predicted octanol–water partition coefficient (Wildman–Crippen LogP) is 3.66. The third kappa shape index (κ3) is 3.05. The maximum Gasteiger partial charge on any atom is 0.255 e. The highest BCUT2D eigenvalue weighted by atomic mass is 16.2. The summed E-state index contributed by atoms with van der Waals surface area (Å²) in [6.07, 6.45) is 5.38. The van der Waals surface area contributed by atoms with Crippen molar-refractivity contribution < 1.29 is 4.79 Å². The number of piperidine rings is 1. The van der Waals surface area contributed by atoms with Gasteiger partial charge in [-0.25, -0.2) is 9.97 Å². The van der Waals surface area contributed by atoms with Crippen LogP contribution in [0.5, 0.6) is 0 Å². The Bertz CT molecular complexity index is 955. The molecular formula is C21H22N4O. The van der Waals surface area contributed by atoms with Crippen molar-refractivity contribution in [2.24, 2.45) is 0 Å². The fraction of sp³-hybridized carbons (Fsp3) is 0.333. The minimum absolute atomic E-state index is 0.0668. The molecule has 1 aliphatic heterocycles. The number of amides is 1. The lowest BCUT2D eigenvalue weighted by Crippen LogP contribution is -2.39. The third-order valence-electron chi connectivity index (χ3n) is 5.20. The van der Waals surface area contributed by atoms with Crippen molar-refractivity contribution in [1.29, 1.82) is 0 Å². The van der Waals surface area contributed by atoms with Crippen LogP contribution in [0.15, 0.2) is 42.9 Å². The highest BCUT2D eigenvalue weighted by Gasteiger charge is 2.27. The van der Waals surface area contributed by atoms with Crippen LogP contribution in [-0.4, -0.2) is 38.8 Å². The molecule has 5 nitrogen and oxygen atoms in total. The van der Waals surface area contributed by atoms with Crippen LogP contribution < -0.4 is 0 Å². The Morgan fingerprint density at radius 3 is 2.92 bits per heavy atom. The lowest BCUT2D eigenvalue weighted by molar-refractivity contribution is 0.0705. The number of hydrogen-bond acceptors (Lipinski definition) is 4. The van der Waals surface area contributed by atoms with Crippen LogP contribution in [-0.2, 0) is 0 Å². The van der Waals surface area contributed by atoms with Crippen molar-refractivity contribution in [3.8, 4) is 0 Å². The summed E-state index contributed by atoms with van der Waals surface area (Å²) in [5.74, 6) is 0.337. The molecule has 0 spiro atoms. The minimum atomic E-state index is 0.0668. The number of carbonyl (C=O) groups is 1. The van der Waals surface area contributed by atoms with Crippen LogP contribution in [0, 0.1) is 13.8 Å². The highest BCUT2D eigenvalue weighted by Crippen LogP contribution is 2.27. The van der Waals surface area contributed by atoms with Crippen molar-refractivity contribution in [3.63, 3.8) is 0 Å². The predicted molar refractivity (Wildman–Crippen MR) is 101 cm³/mol. The largest absolute Gasteiger partial charge is 0.338 e. The second kappa shape index (κ2) is 6.83. The first-order chi connectivity index (χ1) is 12.6. The fourth-order valence-electron chi connectivity index (χ4n) is 3.77. The van der Waals surface area contributed by atoms with Crippen LogP contribution in [0.2, 0.25) is 0 Å². The summed E-state index contributed by atoms with van der Waals surface area (Å²) in [5.41, 5.74) is 4.61. The molecule has 0 bridgehead atoms. The number of benzene rings is 1. The Hall–Kier alpha value is -2.82. The van der Waals surface area contributed by atoms with Gasteiger partial charge in [0.05, 0.1) is 16.8 Å². The van der Waals surface area contributed by atoms with E-state index in [4.69, 9.17) is 4.98 Å². The van der Waals surface area contributed by atoms with E-state index in [1.54, 1.807) is 12.5 Å². The van der Waals surface area contributed by atoms with Gasteiger partial charge in [-0.2, -0.15) is 0 Å². The Balaban J connectivity index is 1.63. The standard InChI is InChI=1S/C21H22N4O/c1-14-5-3-6-16-11-18(15(2)24-20(14)16)21(26)25-10-4-7-17(12-25)19-8-9-22-13-23-19/h3,5-6,8-9,11,13,17H,4,7,10,12H2,1-2H3. The van der Waals surface area contributed by atoms with E-state index < -0.39 is 0 Å². The molecule has 1 fully saturated rings. The van der Waals surface area contributed by atoms with Crippen molar-refractivity contribution in [2.45, 2.75) is 32.6 Å². The minimum Gasteiger partial charge on any atom is -0.338 e. The summed E-state index contributed by atoms with van der Waals surface area (Å²) in [6, 6.07) is 10.0. The number of aromatic nitrogens is 3. The van der Waals surface area contributed by atoms with Gasteiger partial charge in [0.25, 0.3) is 5.91 Å². The summed E-state index contributed by atoms with van der Waals surface area (Å²) >= 11 is 0. The van der Waals surface area contributed by atoms with E-state index in [2.05, 4.69) is 9.97 Å². The molecule has 3 aromatic rings. The molecule has 26 heavy (non-hydrogen) atoms. The summed E-state index contributed by atoms with van der Waals surface area (Å²) < 4.78 is 0. The van der Waals surface area contributed by atoms with E-state index in [1.165, 1.54) is 0 Å². The van der Waals surface area contributed by atoms with Gasteiger partial charge in [0.15, 0.2) is 0 Å². The lowest BCUT2D eigenvalue weighted by atomic mass is 9.94. The third-order valence-corrected chi connectivity index (χ3v) is 5.20. The summed E-state index contributed by atoms with van der Waals surface area (Å²) in [5, 5.41) is 1.02. The van der Waals surface area contributed by atoms with Crippen LogP contribution in [0.4, 0.5) is 0 Å². The molecule has 2 aromatic heterocycles. The first-order valence-corrected chi connectivity index (χ1v) is 9.05. The number of nitrogens with zero attached hydrogens (tertiary/aromatic N) is 4. The van der Waals surface area contributed by atoms with Gasteiger partial charge >= 0.3 is 0 Å². The zero-order valence-electron chi connectivity index (χ0n) is 15.1. The fourth-order valence-corrected chi connectivity index (χ4v) is 3.77. The van der Waals surface area contributed by atoms with Crippen LogP contribution in [0.25, 0.3) is 10.9 Å². The molecule has 0 aliphatic carbocycles. The van der Waals surface area contributed by atoms with E-state index in [-0.39, 0.29) is 11.8 Å². The quantitative estimate of drug-likeness (QED) is 0.710. The molecule has 4 rings (SSSR count). The number of pyridine rings is 1. The molecule has 132 valence electrons. The average molecular weight is 346 g/mol. The normalized spacial score (nSPS) is 17.5. The van der Waals surface area contributed by atoms with Crippen LogP contribution in [0.1, 0.15) is 46.1 Å². The molecule has 1 aromatic carbocycles. The van der Waals surface area contributed by atoms with E-state index in [0.717, 1.165) is 47.2 Å². The number of carbonyl (C=O) groups excluding carboxylic acids is 1. The second-order valence-corrected chi connectivity index (χ2v) is 6.99. The van der Waals surface area contributed by atoms with E-state index in [0.29, 0.717) is 12.1 Å². The summed E-state index contributed by atoms with van der Waals surface area (Å²) in [4.78, 5) is 28.2. The smallest absolute Gasteiger partial charge is 0.255 e. The van der Waals surface area contributed by atoms with Crippen LogP contribution >= 0.6 is 0 Å². The molecule has 0 saturated carbocycles. The second-order valence-electron chi connectivity index (χ2n) is 6.99. The van der Waals surface area contributed by atoms with Crippen molar-refractivity contribution >= 4 is 16.8 Å². The molecular weight excluding hydrogens is 324 g/mol. The molecule has 3 heterocycles. The first-order valence-electron chi connectivity index (χ1n) is 9.05. The summed E-state index contributed by atoms with van der Waals surface area (Å²) in [6.45, 7) is 5.45. The number of aryl methyl sites for hydroxylation is 2.